The first-order valence-electron chi connectivity index (χ1n) is 20.3. The molecule has 4 aromatic carbocycles. The van der Waals surface area contributed by atoms with Crippen LogP contribution in [0.15, 0.2) is 133 Å². The number of Topliss-reactive ketones (excluding diaryl/α,β-unsaturated/α-hetero) is 4. The first-order chi connectivity index (χ1) is 31.9. The molecule has 0 spiro atoms. The van der Waals surface area contributed by atoms with Crippen molar-refractivity contribution in [1.29, 1.82) is 0 Å². The van der Waals surface area contributed by atoms with Gasteiger partial charge in [0.1, 0.15) is 52.5 Å². The molecule has 1 aromatic heterocycles. The van der Waals surface area contributed by atoms with Gasteiger partial charge in [-0.1, -0.05) is 137 Å². The summed E-state index contributed by atoms with van der Waals surface area (Å²) in [6.07, 6.45) is 3.77. The summed E-state index contributed by atoms with van der Waals surface area (Å²) in [6.45, 7) is 12.0. The maximum atomic E-state index is 10.5. The Morgan fingerprint density at radius 1 is 0.586 bits per heavy atom. The zero-order valence-corrected chi connectivity index (χ0v) is 52.4. The Hall–Kier alpha value is -1.80. The fourth-order valence-corrected chi connectivity index (χ4v) is 4.32. The number of rotatable bonds is 13. The van der Waals surface area contributed by atoms with Crippen molar-refractivity contribution in [2.24, 2.45) is 0 Å². The molecule has 11 nitrogen and oxygen atoms in total. The number of hydrogen-bond donors (Lipinski definition) is 2. The Morgan fingerprint density at radius 2 is 0.857 bits per heavy atom. The normalized spacial score (nSPS) is 8.24. The van der Waals surface area contributed by atoms with Gasteiger partial charge in [-0.05, 0) is 107 Å². The maximum absolute atomic E-state index is 10.5. The van der Waals surface area contributed by atoms with E-state index in [1.54, 1.807) is 54.0 Å². The van der Waals surface area contributed by atoms with Crippen LogP contribution in [0.3, 0.4) is 0 Å². The average molecular weight is 1470 g/mol. The SMILES string of the molecule is C.C.C.CC(=O)CBr.CC(=O)CSc1ncn[nH]1.CC(C)=O.CCCS.CCCSCC(C)=O.COc1ccccc1.COc1ccccc1.COc1ccccc1.COc1ccccc1.[I][V]([I])[I]. The van der Waals surface area contributed by atoms with Crippen molar-refractivity contribution in [1.82, 2.24) is 15.2 Å². The number of thiol groups is 1. The summed E-state index contributed by atoms with van der Waals surface area (Å²) in [4.78, 5) is 43.5. The second kappa shape index (κ2) is 69.3. The summed E-state index contributed by atoms with van der Waals surface area (Å²) in [6, 6.07) is 38.7. The first kappa shape index (κ1) is 85.0. The molecular weight excluding hydrogens is 1390 g/mol. The summed E-state index contributed by atoms with van der Waals surface area (Å²) in [5, 5.41) is 7.44. The van der Waals surface area contributed by atoms with Crippen LogP contribution < -0.4 is 18.9 Å². The molecule has 0 aliphatic carbocycles. The van der Waals surface area contributed by atoms with E-state index in [-0.39, 0.29) is 50.3 Å². The van der Waals surface area contributed by atoms with Crippen molar-refractivity contribution in [3.63, 3.8) is 0 Å². The van der Waals surface area contributed by atoms with Gasteiger partial charge in [0.05, 0.1) is 45.3 Å². The number of halogens is 4. The molecule has 0 amide bonds. The number of aromatic amines is 1. The number of methoxy groups -OCH3 is 4. The van der Waals surface area contributed by atoms with Crippen molar-refractivity contribution < 1.29 is 43.0 Å². The van der Waals surface area contributed by atoms with Gasteiger partial charge < -0.3 is 23.7 Å². The molecular formula is C51H82BrI3N3O8S3V. The van der Waals surface area contributed by atoms with E-state index in [4.69, 9.17) is 18.9 Å². The number of ether oxygens (including phenoxy) is 4. The Kier molecular flexibility index (Phi) is 84.1. The van der Waals surface area contributed by atoms with Crippen molar-refractivity contribution in [2.45, 2.75) is 88.7 Å². The van der Waals surface area contributed by atoms with Gasteiger partial charge in [0.2, 0.25) is 0 Å². The van der Waals surface area contributed by atoms with E-state index in [2.05, 4.69) is 118 Å². The van der Waals surface area contributed by atoms with E-state index in [0.717, 1.165) is 40.9 Å². The van der Waals surface area contributed by atoms with E-state index in [9.17, 15) is 19.2 Å². The third-order valence-corrected chi connectivity index (χ3v) is 9.35. The van der Waals surface area contributed by atoms with Crippen LogP contribution in [-0.2, 0) is 24.1 Å². The van der Waals surface area contributed by atoms with Crippen LogP contribution in [0.4, 0.5) is 0 Å². The van der Waals surface area contributed by atoms with Crippen LogP contribution in [0.25, 0.3) is 0 Å². The summed E-state index contributed by atoms with van der Waals surface area (Å²) in [7, 11) is 6.65. The first-order valence-corrected chi connectivity index (χ1v) is 37.7. The number of thioether (sulfide) groups is 2. The minimum atomic E-state index is -0.278. The van der Waals surface area contributed by atoms with Crippen molar-refractivity contribution in [3.05, 3.63) is 128 Å². The number of hydrogen-bond acceptors (Lipinski definition) is 13. The molecule has 0 unspecified atom stereocenters. The number of H-pyrrole nitrogens is 1. The molecule has 1 N–H and O–H groups in total. The Balaban J connectivity index is -0.000000103. The Labute approximate surface area is 484 Å². The molecule has 19 heteroatoms. The van der Waals surface area contributed by atoms with E-state index in [0.29, 0.717) is 22.0 Å². The summed E-state index contributed by atoms with van der Waals surface area (Å²) < 4.78 is 19.7. The van der Waals surface area contributed by atoms with E-state index in [1.807, 2.05) is 121 Å². The molecule has 0 aliphatic rings. The number of benzene rings is 4. The van der Waals surface area contributed by atoms with Crippen LogP contribution >= 0.6 is 112 Å². The molecule has 5 aromatic rings. The third-order valence-electron chi connectivity index (χ3n) is 5.79. The van der Waals surface area contributed by atoms with Crippen LogP contribution in [0.5, 0.6) is 23.0 Å². The van der Waals surface area contributed by atoms with Gasteiger partial charge in [0, 0.05) is 0 Å². The Morgan fingerprint density at radius 3 is 1.01 bits per heavy atom. The van der Waals surface area contributed by atoms with Gasteiger partial charge in [-0.15, -0.1) is 0 Å². The second-order valence-corrected chi connectivity index (χ2v) is 50.7. The molecule has 70 heavy (non-hydrogen) atoms. The molecule has 0 aliphatic heterocycles. The fourth-order valence-electron chi connectivity index (χ4n) is 3.02. The number of carbonyl (C=O) groups is 4. The monoisotopic (exact) mass is 1470 g/mol. The van der Waals surface area contributed by atoms with Crippen LogP contribution in [0.1, 0.15) is 83.6 Å². The van der Waals surface area contributed by atoms with E-state index in [1.165, 1.54) is 45.3 Å². The average Bonchev–Trinajstić information content (AvgIpc) is 3.87. The summed E-state index contributed by atoms with van der Waals surface area (Å²) >= 11 is 17.3. The molecule has 0 bridgehead atoms. The van der Waals surface area contributed by atoms with Crippen LogP contribution in [0.2, 0.25) is 0 Å². The van der Waals surface area contributed by atoms with Crippen LogP contribution in [-0.4, -0.2) is 95.1 Å². The van der Waals surface area contributed by atoms with Gasteiger partial charge in [-0.25, -0.2) is 4.98 Å². The van der Waals surface area contributed by atoms with Crippen molar-refractivity contribution in [2.75, 3.05) is 56.8 Å². The molecule has 5 rings (SSSR count). The van der Waals surface area contributed by atoms with Gasteiger partial charge >= 0.3 is 64.9 Å². The number of alkyl halides is 1. The quantitative estimate of drug-likeness (QED) is 0.0380. The van der Waals surface area contributed by atoms with Crippen LogP contribution in [0, 0.1) is 0 Å². The topological polar surface area (TPSA) is 147 Å². The summed E-state index contributed by atoms with van der Waals surface area (Å²) in [5.41, 5.74) is 0. The standard InChI is InChI=1S/4C7H8O.C6H12OS.C5H7N3OS.C3H5BrO.C3H6O.C3H8S.3CH4.3HI.V/c4*1-8-7-5-3-2-4-6-7;1-3-4-8-5-6(2)7;1-4(9)2-10-5-6-3-7-8-5;1-3(5)2-4;1-3(2)4;1-2-3-4;;;;;;;/h4*2-6H,1H3;3-5H2,1-2H3;3H,2H2,1H3,(H,6,7,8);2H2,1H3;1-2H3;4H,2-3H2,1H3;3*1H4;3*1H;/q;;;;;;;;;;;;;;;+3/p-3. The number of ketones is 4. The third kappa shape index (κ3) is 83.1. The fraction of sp³-hybridized carbons (Fsp3) is 0.412. The zero-order chi connectivity index (χ0) is 51.9. The van der Waals surface area contributed by atoms with Gasteiger partial charge in [0.15, 0.2) is 5.16 Å². The molecule has 1 heterocycles. The van der Waals surface area contributed by atoms with E-state index < -0.39 is 0 Å². The Bertz CT molecular complexity index is 1620. The number of carbonyl (C=O) groups excluding carboxylic acids is 4. The van der Waals surface area contributed by atoms with Gasteiger partial charge in [-0.2, -0.15) is 29.5 Å². The molecule has 0 fully saturated rings. The zero-order valence-electron chi connectivity index (χ0n) is 40.5. The van der Waals surface area contributed by atoms with Crippen molar-refractivity contribution >= 4 is 135 Å². The molecule has 0 saturated heterocycles. The summed E-state index contributed by atoms with van der Waals surface area (Å²) in [5.74, 6) is 7.66. The second-order valence-electron chi connectivity index (χ2n) is 12.3. The number of aromatic nitrogens is 3. The number of nitrogens with one attached hydrogen (secondary N) is 1. The number of para-hydroxylation sites is 4. The molecule has 400 valence electrons. The van der Waals surface area contributed by atoms with E-state index >= 15 is 0 Å². The van der Waals surface area contributed by atoms with Gasteiger partial charge in [0.25, 0.3) is 0 Å². The number of nitrogens with zero attached hydrogens (tertiary/aromatic N) is 2. The molecule has 0 radical (unpaired) electrons. The van der Waals surface area contributed by atoms with Crippen molar-refractivity contribution in [3.8, 4) is 23.0 Å². The molecule has 0 saturated carbocycles. The molecule has 0 atom stereocenters. The minimum absolute atomic E-state index is 0. The predicted molar refractivity (Wildman–Crippen MR) is 335 cm³/mol. The predicted octanol–water partition coefficient (Wildman–Crippen LogP) is 16.4. The van der Waals surface area contributed by atoms with Gasteiger partial charge in [-0.3, -0.25) is 19.5 Å².